The lowest BCUT2D eigenvalue weighted by molar-refractivity contribution is 0.377. The Labute approximate surface area is 110 Å². The predicted molar refractivity (Wildman–Crippen MR) is 75.7 cm³/mol. The van der Waals surface area contributed by atoms with Crippen LogP contribution in [0.5, 0.6) is 0 Å². The van der Waals surface area contributed by atoms with E-state index in [1.54, 1.807) is 6.33 Å². The first-order valence-electron chi connectivity index (χ1n) is 7.10. The topological polar surface area (TPSA) is 55.0 Å². The second-order valence-electron chi connectivity index (χ2n) is 5.13. The Bertz CT molecular complexity index is 383. The summed E-state index contributed by atoms with van der Waals surface area (Å²) < 4.78 is 0. The molecule has 1 aromatic heterocycles. The Kier molecular flexibility index (Phi) is 4.39. The van der Waals surface area contributed by atoms with Gasteiger partial charge in [0, 0.05) is 18.7 Å². The molecule has 0 aromatic carbocycles. The summed E-state index contributed by atoms with van der Waals surface area (Å²) in [4.78, 5) is 10.9. The molecule has 4 nitrogen and oxygen atoms in total. The van der Waals surface area contributed by atoms with Gasteiger partial charge in [0.25, 0.3) is 0 Å². The van der Waals surface area contributed by atoms with Crippen LogP contribution in [-0.2, 0) is 6.42 Å². The Balaban J connectivity index is 2.07. The van der Waals surface area contributed by atoms with E-state index in [1.807, 2.05) is 0 Å². The molecule has 18 heavy (non-hydrogen) atoms. The lowest BCUT2D eigenvalue weighted by Crippen LogP contribution is -2.35. The molecule has 0 spiro atoms. The molecule has 0 aliphatic carbocycles. The predicted octanol–water partition coefficient (Wildman–Crippen LogP) is 2.64. The molecule has 4 heteroatoms. The van der Waals surface area contributed by atoms with E-state index >= 15 is 0 Å². The lowest BCUT2D eigenvalue weighted by Gasteiger charge is -2.33. The first-order valence-corrected chi connectivity index (χ1v) is 7.10. The van der Waals surface area contributed by atoms with Gasteiger partial charge in [-0.3, -0.25) is 0 Å². The van der Waals surface area contributed by atoms with Gasteiger partial charge in [-0.2, -0.15) is 0 Å². The summed E-state index contributed by atoms with van der Waals surface area (Å²) in [5.41, 5.74) is 7.04. The average Bonchev–Trinajstić information content (AvgIpc) is 2.40. The Morgan fingerprint density at radius 1 is 1.28 bits per heavy atom. The Hall–Kier alpha value is -1.32. The van der Waals surface area contributed by atoms with E-state index in [2.05, 4.69) is 28.7 Å². The van der Waals surface area contributed by atoms with Crippen LogP contribution in [0.2, 0.25) is 0 Å². The van der Waals surface area contributed by atoms with Gasteiger partial charge in [-0.25, -0.2) is 9.97 Å². The van der Waals surface area contributed by atoms with Gasteiger partial charge in [-0.1, -0.05) is 26.7 Å². The number of nitrogen functional groups attached to an aromatic ring is 1. The third-order valence-electron chi connectivity index (χ3n) is 3.92. The second-order valence-corrected chi connectivity index (χ2v) is 5.13. The summed E-state index contributed by atoms with van der Waals surface area (Å²) in [5.74, 6) is 2.59. The van der Waals surface area contributed by atoms with Crippen LogP contribution in [0.15, 0.2) is 6.33 Å². The number of hydrogen-bond acceptors (Lipinski definition) is 4. The van der Waals surface area contributed by atoms with Crippen molar-refractivity contribution in [3.8, 4) is 0 Å². The van der Waals surface area contributed by atoms with Crippen LogP contribution in [0.25, 0.3) is 0 Å². The largest absolute Gasteiger partial charge is 0.383 e. The Morgan fingerprint density at radius 2 is 2.00 bits per heavy atom. The zero-order chi connectivity index (χ0) is 13.0. The van der Waals surface area contributed by atoms with E-state index in [-0.39, 0.29) is 0 Å². The molecule has 1 aromatic rings. The maximum Gasteiger partial charge on any atom is 0.137 e. The second kappa shape index (κ2) is 6.03. The molecule has 1 saturated heterocycles. The molecule has 2 N–H and O–H groups in total. The molecule has 0 radical (unpaired) electrons. The highest BCUT2D eigenvalue weighted by Crippen LogP contribution is 2.28. The van der Waals surface area contributed by atoms with Gasteiger partial charge in [0.15, 0.2) is 0 Å². The van der Waals surface area contributed by atoms with Crippen molar-refractivity contribution in [2.24, 2.45) is 5.92 Å². The van der Waals surface area contributed by atoms with E-state index in [0.717, 1.165) is 36.8 Å². The lowest BCUT2D eigenvalue weighted by atomic mass is 9.92. The van der Waals surface area contributed by atoms with Crippen LogP contribution < -0.4 is 10.6 Å². The minimum absolute atomic E-state index is 0.637. The van der Waals surface area contributed by atoms with Crippen LogP contribution in [0.3, 0.4) is 0 Å². The molecule has 1 fully saturated rings. The van der Waals surface area contributed by atoms with Gasteiger partial charge in [0.1, 0.15) is 18.0 Å². The summed E-state index contributed by atoms with van der Waals surface area (Å²) in [5, 5.41) is 0. The highest BCUT2D eigenvalue weighted by Gasteiger charge is 2.21. The molecule has 1 aliphatic heterocycles. The quantitative estimate of drug-likeness (QED) is 0.890. The summed E-state index contributed by atoms with van der Waals surface area (Å²) in [6.07, 6.45) is 7.70. The van der Waals surface area contributed by atoms with Crippen molar-refractivity contribution in [3.05, 3.63) is 11.9 Å². The SMILES string of the molecule is CCCC1CCN(c2ncnc(N)c2CC)CC1. The smallest absolute Gasteiger partial charge is 0.137 e. The fraction of sp³-hybridized carbons (Fsp3) is 0.714. The third kappa shape index (κ3) is 2.74. The van der Waals surface area contributed by atoms with Gasteiger partial charge < -0.3 is 10.6 Å². The molecule has 1 aliphatic rings. The highest BCUT2D eigenvalue weighted by atomic mass is 15.2. The Morgan fingerprint density at radius 3 is 2.61 bits per heavy atom. The number of piperidine rings is 1. The van der Waals surface area contributed by atoms with Crippen LogP contribution in [0, 0.1) is 5.92 Å². The monoisotopic (exact) mass is 248 g/mol. The summed E-state index contributed by atoms with van der Waals surface area (Å²) >= 11 is 0. The van der Waals surface area contributed by atoms with Crippen LogP contribution in [0.1, 0.15) is 45.1 Å². The molecular weight excluding hydrogens is 224 g/mol. The number of nitrogens with zero attached hydrogens (tertiary/aromatic N) is 3. The van der Waals surface area contributed by atoms with Crippen molar-refractivity contribution >= 4 is 11.6 Å². The van der Waals surface area contributed by atoms with E-state index in [0.29, 0.717) is 5.82 Å². The van der Waals surface area contributed by atoms with Gasteiger partial charge in [0.2, 0.25) is 0 Å². The van der Waals surface area contributed by atoms with E-state index in [9.17, 15) is 0 Å². The maximum atomic E-state index is 5.94. The normalized spacial score (nSPS) is 17.1. The highest BCUT2D eigenvalue weighted by molar-refractivity contribution is 5.56. The molecule has 100 valence electrons. The average molecular weight is 248 g/mol. The molecule has 0 bridgehead atoms. The van der Waals surface area contributed by atoms with Gasteiger partial charge in [0.05, 0.1) is 0 Å². The zero-order valence-corrected chi connectivity index (χ0v) is 11.5. The number of aromatic nitrogens is 2. The first kappa shape index (κ1) is 13.1. The molecule has 2 rings (SSSR count). The van der Waals surface area contributed by atoms with Crippen LogP contribution >= 0.6 is 0 Å². The van der Waals surface area contributed by atoms with Gasteiger partial charge >= 0.3 is 0 Å². The molecule has 0 atom stereocenters. The fourth-order valence-electron chi connectivity index (χ4n) is 2.87. The number of anilines is 2. The summed E-state index contributed by atoms with van der Waals surface area (Å²) in [7, 11) is 0. The van der Waals surface area contributed by atoms with Crippen LogP contribution in [0.4, 0.5) is 11.6 Å². The molecule has 2 heterocycles. The van der Waals surface area contributed by atoms with Crippen LogP contribution in [-0.4, -0.2) is 23.1 Å². The molecule has 0 unspecified atom stereocenters. The minimum Gasteiger partial charge on any atom is -0.383 e. The molecule has 0 amide bonds. The van der Waals surface area contributed by atoms with Crippen molar-refractivity contribution in [2.45, 2.75) is 46.0 Å². The maximum absolute atomic E-state index is 5.94. The third-order valence-corrected chi connectivity index (χ3v) is 3.92. The van der Waals surface area contributed by atoms with Gasteiger partial charge in [-0.05, 0) is 25.2 Å². The van der Waals surface area contributed by atoms with E-state index < -0.39 is 0 Å². The molecular formula is C14H24N4. The van der Waals surface area contributed by atoms with Crippen molar-refractivity contribution < 1.29 is 0 Å². The fourth-order valence-corrected chi connectivity index (χ4v) is 2.87. The standard InChI is InChI=1S/C14H24N4/c1-3-5-11-6-8-18(9-7-11)14-12(4-2)13(15)16-10-17-14/h10-11H,3-9H2,1-2H3,(H2,15,16,17). The zero-order valence-electron chi connectivity index (χ0n) is 11.5. The van der Waals surface area contributed by atoms with E-state index in [1.165, 1.54) is 25.7 Å². The van der Waals surface area contributed by atoms with Crippen molar-refractivity contribution in [2.75, 3.05) is 23.7 Å². The van der Waals surface area contributed by atoms with E-state index in [4.69, 9.17) is 5.73 Å². The first-order chi connectivity index (χ1) is 8.76. The number of nitrogens with two attached hydrogens (primary N) is 1. The van der Waals surface area contributed by atoms with Gasteiger partial charge in [-0.15, -0.1) is 0 Å². The number of hydrogen-bond donors (Lipinski definition) is 1. The molecule has 0 saturated carbocycles. The summed E-state index contributed by atoms with van der Waals surface area (Å²) in [6.45, 7) is 6.59. The van der Waals surface area contributed by atoms with Crippen molar-refractivity contribution in [1.82, 2.24) is 9.97 Å². The van der Waals surface area contributed by atoms with Crippen molar-refractivity contribution in [3.63, 3.8) is 0 Å². The number of rotatable bonds is 4. The minimum atomic E-state index is 0.637. The summed E-state index contributed by atoms with van der Waals surface area (Å²) in [6, 6.07) is 0. The van der Waals surface area contributed by atoms with Crippen molar-refractivity contribution in [1.29, 1.82) is 0 Å².